The summed E-state index contributed by atoms with van der Waals surface area (Å²) in [4.78, 5) is 12.6. The molecule has 0 radical (unpaired) electrons. The number of hydrogen-bond donors (Lipinski definition) is 1. The zero-order valence-electron chi connectivity index (χ0n) is 12.1. The van der Waals surface area contributed by atoms with E-state index in [-0.39, 0.29) is 6.01 Å². The lowest BCUT2D eigenvalue weighted by Gasteiger charge is -2.13. The van der Waals surface area contributed by atoms with E-state index in [1.807, 2.05) is 6.07 Å². The molecule has 21 heavy (non-hydrogen) atoms. The maximum Gasteiger partial charge on any atom is 0.321 e. The monoisotopic (exact) mass is 354 g/mol. The highest BCUT2D eigenvalue weighted by molar-refractivity contribution is 9.10. The lowest BCUT2D eigenvalue weighted by atomic mass is 10.2. The largest absolute Gasteiger partial charge is 0.495 e. The van der Waals surface area contributed by atoms with Gasteiger partial charge in [0.2, 0.25) is 5.95 Å². The van der Waals surface area contributed by atoms with Crippen LogP contribution in [0.25, 0.3) is 11.4 Å². The van der Waals surface area contributed by atoms with Crippen molar-refractivity contribution in [1.29, 1.82) is 0 Å². The van der Waals surface area contributed by atoms with Crippen molar-refractivity contribution < 1.29 is 14.2 Å². The van der Waals surface area contributed by atoms with Gasteiger partial charge in [-0.3, -0.25) is 0 Å². The van der Waals surface area contributed by atoms with E-state index in [2.05, 4.69) is 36.2 Å². The van der Waals surface area contributed by atoms with E-state index in [9.17, 15) is 0 Å². The Bertz CT molecular complexity index is 629. The molecule has 0 bridgehead atoms. The van der Waals surface area contributed by atoms with Gasteiger partial charge in [0.15, 0.2) is 5.82 Å². The van der Waals surface area contributed by atoms with E-state index in [4.69, 9.17) is 14.2 Å². The Labute approximate surface area is 130 Å². The Morgan fingerprint density at radius 1 is 1.00 bits per heavy atom. The fourth-order valence-electron chi connectivity index (χ4n) is 1.75. The van der Waals surface area contributed by atoms with E-state index in [1.54, 1.807) is 27.3 Å². The van der Waals surface area contributed by atoms with Crippen LogP contribution in [0, 0.1) is 0 Å². The molecule has 0 fully saturated rings. The zero-order valence-corrected chi connectivity index (χ0v) is 13.7. The minimum absolute atomic E-state index is 0.221. The lowest BCUT2D eigenvalue weighted by molar-refractivity contribution is 0.378. The van der Waals surface area contributed by atoms with Crippen molar-refractivity contribution >= 4 is 21.9 Å². The first-order valence-electron chi connectivity index (χ1n) is 6.03. The molecule has 0 aliphatic carbocycles. The maximum absolute atomic E-state index is 5.43. The average Bonchev–Trinajstić information content (AvgIpc) is 2.53. The van der Waals surface area contributed by atoms with Crippen LogP contribution in [0.4, 0.5) is 5.95 Å². The van der Waals surface area contributed by atoms with Crippen molar-refractivity contribution in [1.82, 2.24) is 15.0 Å². The van der Waals surface area contributed by atoms with E-state index >= 15 is 0 Å². The predicted octanol–water partition coefficient (Wildman–Crippen LogP) is 2.37. The molecule has 0 atom stereocenters. The van der Waals surface area contributed by atoms with Crippen LogP contribution in [-0.4, -0.2) is 43.3 Å². The van der Waals surface area contributed by atoms with Crippen molar-refractivity contribution in [3.63, 3.8) is 0 Å². The molecule has 8 heteroatoms. The van der Waals surface area contributed by atoms with Gasteiger partial charge in [-0.25, -0.2) is 0 Å². The van der Waals surface area contributed by atoms with Crippen LogP contribution >= 0.6 is 15.9 Å². The molecule has 112 valence electrons. The second-order valence-corrected chi connectivity index (χ2v) is 4.67. The summed E-state index contributed by atoms with van der Waals surface area (Å²) in [6.45, 7) is 0. The molecule has 0 amide bonds. The molecule has 0 spiro atoms. The first-order chi connectivity index (χ1) is 10.1. The van der Waals surface area contributed by atoms with Crippen LogP contribution in [0.5, 0.6) is 17.5 Å². The topological polar surface area (TPSA) is 78.4 Å². The second-order valence-electron chi connectivity index (χ2n) is 3.88. The third kappa shape index (κ3) is 2.99. The Balaban J connectivity index is 2.63. The van der Waals surface area contributed by atoms with Crippen LogP contribution in [0.2, 0.25) is 0 Å². The Morgan fingerprint density at radius 2 is 1.76 bits per heavy atom. The second kappa shape index (κ2) is 6.57. The van der Waals surface area contributed by atoms with E-state index in [0.29, 0.717) is 33.3 Å². The van der Waals surface area contributed by atoms with Crippen molar-refractivity contribution in [3.05, 3.63) is 16.6 Å². The number of ether oxygens (including phenoxy) is 3. The Hall–Kier alpha value is -2.09. The van der Waals surface area contributed by atoms with Gasteiger partial charge in [0.05, 0.1) is 26.9 Å². The van der Waals surface area contributed by atoms with Crippen molar-refractivity contribution in [2.75, 3.05) is 33.7 Å². The molecular weight excluding hydrogens is 340 g/mol. The van der Waals surface area contributed by atoms with Gasteiger partial charge < -0.3 is 19.5 Å². The third-order valence-electron chi connectivity index (χ3n) is 2.75. The summed E-state index contributed by atoms with van der Waals surface area (Å²) in [6, 6.07) is 3.84. The van der Waals surface area contributed by atoms with Crippen molar-refractivity contribution in [2.24, 2.45) is 0 Å². The number of aromatic nitrogens is 3. The third-order valence-corrected chi connectivity index (χ3v) is 3.50. The normalized spacial score (nSPS) is 10.1. The molecule has 1 heterocycles. The van der Waals surface area contributed by atoms with Crippen LogP contribution in [0.15, 0.2) is 16.6 Å². The minimum Gasteiger partial charge on any atom is -0.495 e. The molecule has 1 N–H and O–H groups in total. The van der Waals surface area contributed by atoms with Gasteiger partial charge in [-0.2, -0.15) is 15.0 Å². The lowest BCUT2D eigenvalue weighted by Crippen LogP contribution is -2.04. The van der Waals surface area contributed by atoms with Gasteiger partial charge in [-0.15, -0.1) is 0 Å². The molecule has 1 aromatic heterocycles. The first kappa shape index (κ1) is 15.3. The summed E-state index contributed by atoms with van der Waals surface area (Å²) in [5, 5.41) is 2.87. The number of anilines is 1. The smallest absolute Gasteiger partial charge is 0.321 e. The summed E-state index contributed by atoms with van der Waals surface area (Å²) in [7, 11) is 6.38. The summed E-state index contributed by atoms with van der Waals surface area (Å²) in [5.74, 6) is 2.08. The molecule has 0 aliphatic rings. The number of rotatable bonds is 5. The molecule has 0 unspecified atom stereocenters. The summed E-state index contributed by atoms with van der Waals surface area (Å²) in [5.41, 5.74) is 0.697. The summed E-state index contributed by atoms with van der Waals surface area (Å²) < 4.78 is 16.5. The standard InChI is InChI=1S/C13H15BrN4O3/c1-15-12-16-11(17-13(18-12)21-4)7-5-6-8(19-2)9(14)10(7)20-3/h5-6H,1-4H3,(H,15,16,17,18). The molecule has 2 rings (SSSR count). The number of benzene rings is 1. The molecule has 7 nitrogen and oxygen atoms in total. The van der Waals surface area contributed by atoms with Crippen LogP contribution in [0.3, 0.4) is 0 Å². The quantitative estimate of drug-likeness (QED) is 0.882. The van der Waals surface area contributed by atoms with Gasteiger partial charge in [0.1, 0.15) is 16.0 Å². The van der Waals surface area contributed by atoms with Crippen LogP contribution in [-0.2, 0) is 0 Å². The number of nitrogens with zero attached hydrogens (tertiary/aromatic N) is 3. The molecule has 1 aromatic carbocycles. The number of hydrogen-bond acceptors (Lipinski definition) is 7. The van der Waals surface area contributed by atoms with Gasteiger partial charge in [-0.1, -0.05) is 0 Å². The Morgan fingerprint density at radius 3 is 2.33 bits per heavy atom. The molecule has 2 aromatic rings. The SMILES string of the molecule is CNc1nc(OC)nc(-c2ccc(OC)c(Br)c2OC)n1. The highest BCUT2D eigenvalue weighted by Crippen LogP contribution is 2.41. The van der Waals surface area contributed by atoms with E-state index < -0.39 is 0 Å². The van der Waals surface area contributed by atoms with Gasteiger partial charge in [-0.05, 0) is 28.1 Å². The number of halogens is 1. The zero-order chi connectivity index (χ0) is 15.4. The minimum atomic E-state index is 0.221. The molecular formula is C13H15BrN4O3. The van der Waals surface area contributed by atoms with Crippen molar-refractivity contribution in [2.45, 2.75) is 0 Å². The Kier molecular flexibility index (Phi) is 4.79. The van der Waals surface area contributed by atoms with Gasteiger partial charge in [0, 0.05) is 7.05 Å². The number of nitrogens with one attached hydrogen (secondary N) is 1. The van der Waals surface area contributed by atoms with E-state index in [1.165, 1.54) is 7.11 Å². The number of methoxy groups -OCH3 is 3. The van der Waals surface area contributed by atoms with Gasteiger partial charge in [0.25, 0.3) is 0 Å². The van der Waals surface area contributed by atoms with E-state index in [0.717, 1.165) is 0 Å². The van der Waals surface area contributed by atoms with Gasteiger partial charge >= 0.3 is 6.01 Å². The molecule has 0 saturated heterocycles. The summed E-state index contributed by atoms with van der Waals surface area (Å²) >= 11 is 3.45. The van der Waals surface area contributed by atoms with Crippen molar-refractivity contribution in [3.8, 4) is 28.9 Å². The summed E-state index contributed by atoms with van der Waals surface area (Å²) in [6.07, 6.45) is 0. The first-order valence-corrected chi connectivity index (χ1v) is 6.82. The van der Waals surface area contributed by atoms with Crippen LogP contribution < -0.4 is 19.5 Å². The van der Waals surface area contributed by atoms with Crippen LogP contribution in [0.1, 0.15) is 0 Å². The maximum atomic E-state index is 5.43. The fourth-order valence-corrected chi connectivity index (χ4v) is 2.42. The fraction of sp³-hybridized carbons (Fsp3) is 0.308. The highest BCUT2D eigenvalue weighted by atomic mass is 79.9. The highest BCUT2D eigenvalue weighted by Gasteiger charge is 2.18. The average molecular weight is 355 g/mol. The molecule has 0 aliphatic heterocycles. The predicted molar refractivity (Wildman–Crippen MR) is 82.2 cm³/mol. The molecule has 0 saturated carbocycles.